The summed E-state index contributed by atoms with van der Waals surface area (Å²) < 4.78 is 27.3. The van der Waals surface area contributed by atoms with Crippen LogP contribution in [-0.4, -0.2) is 30.8 Å². The molecular formula is C12H16BrClN2O2S. The van der Waals surface area contributed by atoms with Crippen LogP contribution in [0.4, 0.5) is 0 Å². The van der Waals surface area contributed by atoms with E-state index in [9.17, 15) is 8.42 Å². The molecule has 1 aromatic heterocycles. The van der Waals surface area contributed by atoms with Gasteiger partial charge in [-0.25, -0.2) is 13.4 Å². The van der Waals surface area contributed by atoms with Gasteiger partial charge in [0, 0.05) is 23.8 Å². The molecule has 0 aromatic carbocycles. The number of nitrogens with zero attached hydrogens (tertiary/aromatic N) is 2. The van der Waals surface area contributed by atoms with Gasteiger partial charge in [-0.15, -0.1) is 0 Å². The van der Waals surface area contributed by atoms with Crippen molar-refractivity contribution >= 4 is 37.6 Å². The summed E-state index contributed by atoms with van der Waals surface area (Å²) in [5.74, 6) is 0.566. The summed E-state index contributed by atoms with van der Waals surface area (Å²) in [7, 11) is -3.55. The van der Waals surface area contributed by atoms with Gasteiger partial charge in [0.25, 0.3) is 0 Å². The van der Waals surface area contributed by atoms with Gasteiger partial charge in [-0.3, -0.25) is 0 Å². The van der Waals surface area contributed by atoms with Crippen molar-refractivity contribution in [3.8, 4) is 0 Å². The second-order valence-corrected chi connectivity index (χ2v) is 8.06. The van der Waals surface area contributed by atoms with Crippen LogP contribution in [0.25, 0.3) is 0 Å². The second kappa shape index (κ2) is 6.08. The lowest BCUT2D eigenvalue weighted by atomic mass is 10.0. The number of rotatable bonds is 2. The maximum atomic E-state index is 12.6. The first-order valence-corrected chi connectivity index (χ1v) is 8.83. The fraction of sp³-hybridized carbons (Fsp3) is 0.583. The molecule has 0 aliphatic carbocycles. The Labute approximate surface area is 127 Å². The highest BCUT2D eigenvalue weighted by atomic mass is 79.9. The summed E-state index contributed by atoms with van der Waals surface area (Å²) in [6.07, 6.45) is 4.33. The van der Waals surface area contributed by atoms with Crippen LogP contribution < -0.4 is 0 Å². The molecule has 0 spiro atoms. The molecule has 1 aliphatic heterocycles. The Bertz CT molecular complexity index is 565. The van der Waals surface area contributed by atoms with Crippen LogP contribution in [0.5, 0.6) is 0 Å². The predicted octanol–water partition coefficient (Wildman–Crippen LogP) is 3.31. The Balaban J connectivity index is 2.33. The van der Waals surface area contributed by atoms with Gasteiger partial charge < -0.3 is 0 Å². The summed E-state index contributed by atoms with van der Waals surface area (Å²) in [4.78, 5) is 3.97. The van der Waals surface area contributed by atoms with Crippen molar-refractivity contribution < 1.29 is 8.42 Å². The SMILES string of the molecule is CC1CCCN(S(=O)(=O)c2cc(Br)cnc2Cl)CC1. The predicted molar refractivity (Wildman–Crippen MR) is 78.7 cm³/mol. The summed E-state index contributed by atoms with van der Waals surface area (Å²) in [5, 5.41) is 0.0282. The van der Waals surface area contributed by atoms with E-state index in [1.54, 1.807) is 0 Å². The first-order chi connectivity index (χ1) is 8.91. The van der Waals surface area contributed by atoms with Crippen molar-refractivity contribution in [2.75, 3.05) is 13.1 Å². The van der Waals surface area contributed by atoms with E-state index < -0.39 is 10.0 Å². The maximum Gasteiger partial charge on any atom is 0.246 e. The molecule has 7 heteroatoms. The minimum absolute atomic E-state index is 0.0282. The fourth-order valence-corrected chi connectivity index (χ4v) is 4.61. The van der Waals surface area contributed by atoms with Gasteiger partial charge in [-0.1, -0.05) is 18.5 Å². The first-order valence-electron chi connectivity index (χ1n) is 6.22. The zero-order chi connectivity index (χ0) is 14.0. The number of halogens is 2. The molecule has 0 radical (unpaired) electrons. The van der Waals surface area contributed by atoms with Crippen molar-refractivity contribution in [2.24, 2.45) is 5.92 Å². The standard InChI is InChI=1S/C12H16BrClN2O2S/c1-9-3-2-5-16(6-4-9)19(17,18)11-7-10(13)8-15-12(11)14/h7-9H,2-6H2,1H3. The van der Waals surface area contributed by atoms with Crippen molar-refractivity contribution in [3.05, 3.63) is 21.9 Å². The Morgan fingerprint density at radius 1 is 1.42 bits per heavy atom. The molecule has 2 heterocycles. The van der Waals surface area contributed by atoms with Crippen LogP contribution in [0.1, 0.15) is 26.2 Å². The maximum absolute atomic E-state index is 12.6. The normalized spacial score (nSPS) is 22.2. The number of aromatic nitrogens is 1. The number of sulfonamides is 1. The summed E-state index contributed by atoms with van der Waals surface area (Å²) in [6, 6.07) is 1.51. The Hall–Kier alpha value is -0.170. The zero-order valence-electron chi connectivity index (χ0n) is 10.6. The lowest BCUT2D eigenvalue weighted by Gasteiger charge is -2.20. The smallest absolute Gasteiger partial charge is 0.242 e. The van der Waals surface area contributed by atoms with E-state index in [-0.39, 0.29) is 10.0 Å². The molecule has 1 fully saturated rings. The number of pyridine rings is 1. The molecule has 0 bridgehead atoms. The molecule has 1 saturated heterocycles. The highest BCUT2D eigenvalue weighted by Gasteiger charge is 2.29. The summed E-state index contributed by atoms with van der Waals surface area (Å²) in [6.45, 7) is 3.26. The van der Waals surface area contributed by atoms with Crippen LogP contribution in [-0.2, 0) is 10.0 Å². The van der Waals surface area contributed by atoms with Crippen molar-refractivity contribution in [1.29, 1.82) is 0 Å². The van der Waals surface area contributed by atoms with Gasteiger partial charge in [-0.2, -0.15) is 4.31 Å². The molecule has 106 valence electrons. The summed E-state index contributed by atoms with van der Waals surface area (Å²) >= 11 is 9.17. The van der Waals surface area contributed by atoms with E-state index >= 15 is 0 Å². The average molecular weight is 368 g/mol. The van der Waals surface area contributed by atoms with Crippen LogP contribution >= 0.6 is 27.5 Å². The molecular weight excluding hydrogens is 352 g/mol. The molecule has 1 aliphatic rings. The first kappa shape index (κ1) is 15.2. The zero-order valence-corrected chi connectivity index (χ0v) is 13.8. The van der Waals surface area contributed by atoms with Crippen LogP contribution in [0, 0.1) is 5.92 Å². The number of hydrogen-bond donors (Lipinski definition) is 0. The quantitative estimate of drug-likeness (QED) is 0.754. The van der Waals surface area contributed by atoms with Gasteiger partial charge in [-0.05, 0) is 47.2 Å². The van der Waals surface area contributed by atoms with E-state index in [0.29, 0.717) is 23.5 Å². The monoisotopic (exact) mass is 366 g/mol. The molecule has 0 N–H and O–H groups in total. The third kappa shape index (κ3) is 3.48. The van der Waals surface area contributed by atoms with Gasteiger partial charge in [0.1, 0.15) is 10.0 Å². The lowest BCUT2D eigenvalue weighted by molar-refractivity contribution is 0.416. The van der Waals surface area contributed by atoms with E-state index in [4.69, 9.17) is 11.6 Å². The molecule has 1 atom stereocenters. The van der Waals surface area contributed by atoms with Crippen LogP contribution in [0.3, 0.4) is 0 Å². The topological polar surface area (TPSA) is 50.3 Å². The number of hydrogen-bond acceptors (Lipinski definition) is 3. The average Bonchev–Trinajstić information content (AvgIpc) is 2.57. The molecule has 1 aromatic rings. The highest BCUT2D eigenvalue weighted by Crippen LogP contribution is 2.28. The molecule has 0 saturated carbocycles. The molecule has 2 rings (SSSR count). The lowest BCUT2D eigenvalue weighted by Crippen LogP contribution is -2.32. The Morgan fingerprint density at radius 2 is 2.16 bits per heavy atom. The second-order valence-electron chi connectivity index (χ2n) is 4.88. The minimum Gasteiger partial charge on any atom is -0.242 e. The molecule has 19 heavy (non-hydrogen) atoms. The summed E-state index contributed by atoms with van der Waals surface area (Å²) in [5.41, 5.74) is 0. The Morgan fingerprint density at radius 3 is 2.89 bits per heavy atom. The fourth-order valence-electron chi connectivity index (χ4n) is 2.20. The third-order valence-corrected chi connectivity index (χ3v) is 6.13. The van der Waals surface area contributed by atoms with E-state index in [0.717, 1.165) is 19.3 Å². The van der Waals surface area contributed by atoms with Crippen molar-refractivity contribution in [2.45, 2.75) is 31.1 Å². The van der Waals surface area contributed by atoms with E-state index in [2.05, 4.69) is 27.8 Å². The van der Waals surface area contributed by atoms with Gasteiger partial charge in [0.05, 0.1) is 0 Å². The molecule has 4 nitrogen and oxygen atoms in total. The van der Waals surface area contributed by atoms with E-state index in [1.807, 2.05) is 0 Å². The van der Waals surface area contributed by atoms with E-state index in [1.165, 1.54) is 16.6 Å². The van der Waals surface area contributed by atoms with Crippen molar-refractivity contribution in [1.82, 2.24) is 9.29 Å². The molecule has 0 amide bonds. The van der Waals surface area contributed by atoms with Gasteiger partial charge in [0.15, 0.2) is 0 Å². The largest absolute Gasteiger partial charge is 0.246 e. The van der Waals surface area contributed by atoms with Gasteiger partial charge >= 0.3 is 0 Å². The third-order valence-electron chi connectivity index (χ3n) is 3.37. The van der Waals surface area contributed by atoms with Gasteiger partial charge in [0.2, 0.25) is 10.0 Å². The van der Waals surface area contributed by atoms with Crippen molar-refractivity contribution in [3.63, 3.8) is 0 Å². The van der Waals surface area contributed by atoms with Crippen LogP contribution in [0.15, 0.2) is 21.6 Å². The highest BCUT2D eigenvalue weighted by molar-refractivity contribution is 9.10. The molecule has 1 unspecified atom stereocenters. The van der Waals surface area contributed by atoms with Crippen LogP contribution in [0.2, 0.25) is 5.15 Å². The Kier molecular flexibility index (Phi) is 4.87. The minimum atomic E-state index is -3.55.